The van der Waals surface area contributed by atoms with E-state index in [-0.39, 0.29) is 9.04 Å². The van der Waals surface area contributed by atoms with Gasteiger partial charge in [0.25, 0.3) is 10.0 Å². The summed E-state index contributed by atoms with van der Waals surface area (Å²) in [4.78, 5) is 23.4. The highest BCUT2D eigenvalue weighted by atomic mass is 79.9. The molecule has 1 aromatic heterocycles. The summed E-state index contributed by atoms with van der Waals surface area (Å²) in [5, 5.41) is 0. The van der Waals surface area contributed by atoms with Crippen LogP contribution in [-0.2, 0) is 10.0 Å². The molecule has 0 aliphatic rings. The first-order valence-corrected chi connectivity index (χ1v) is 7.84. The Kier molecular flexibility index (Phi) is 3.74. The molecular formula is C11H11BrN2O5S. The molecule has 0 saturated heterocycles. The topological polar surface area (TPSA) is 91.3 Å². The van der Waals surface area contributed by atoms with Crippen molar-refractivity contribution in [3.8, 4) is 0 Å². The SMILES string of the molecule is CC(C)n1c(=O)on(S(=O)(=O)c2ccc(Br)cc2)c1=O. The van der Waals surface area contributed by atoms with Crippen molar-refractivity contribution in [2.45, 2.75) is 24.8 Å². The van der Waals surface area contributed by atoms with Gasteiger partial charge < -0.3 is 4.52 Å². The van der Waals surface area contributed by atoms with E-state index >= 15 is 0 Å². The average Bonchev–Trinajstić information content (AvgIpc) is 2.66. The Bertz CT molecular complexity index is 842. The van der Waals surface area contributed by atoms with Crippen molar-refractivity contribution in [3.63, 3.8) is 0 Å². The van der Waals surface area contributed by atoms with Gasteiger partial charge in [-0.15, -0.1) is 0 Å². The van der Waals surface area contributed by atoms with Crippen LogP contribution < -0.4 is 11.4 Å². The van der Waals surface area contributed by atoms with Gasteiger partial charge in [0, 0.05) is 10.5 Å². The number of nitrogens with zero attached hydrogens (tertiary/aromatic N) is 2. The third-order valence-corrected chi connectivity index (χ3v) is 4.63. The van der Waals surface area contributed by atoms with Crippen molar-refractivity contribution < 1.29 is 12.9 Å². The molecule has 0 N–H and O–H groups in total. The highest BCUT2D eigenvalue weighted by molar-refractivity contribution is 9.10. The van der Waals surface area contributed by atoms with Gasteiger partial charge in [-0.3, -0.25) is 0 Å². The molecule has 7 nitrogen and oxygen atoms in total. The third-order valence-electron chi connectivity index (χ3n) is 2.57. The molecule has 108 valence electrons. The van der Waals surface area contributed by atoms with E-state index in [9.17, 15) is 18.0 Å². The summed E-state index contributed by atoms with van der Waals surface area (Å²) in [7, 11) is -4.23. The van der Waals surface area contributed by atoms with Crippen LogP contribution in [0.4, 0.5) is 0 Å². The van der Waals surface area contributed by atoms with Crippen LogP contribution in [0.3, 0.4) is 0 Å². The van der Waals surface area contributed by atoms with Crippen LogP contribution >= 0.6 is 15.9 Å². The van der Waals surface area contributed by atoms with Crippen LogP contribution in [0.2, 0.25) is 0 Å². The normalized spacial score (nSPS) is 12.0. The highest BCUT2D eigenvalue weighted by Gasteiger charge is 2.26. The second-order valence-electron chi connectivity index (χ2n) is 4.29. The van der Waals surface area contributed by atoms with Crippen molar-refractivity contribution in [1.82, 2.24) is 8.71 Å². The average molecular weight is 363 g/mol. The minimum Gasteiger partial charge on any atom is -0.301 e. The molecule has 20 heavy (non-hydrogen) atoms. The quantitative estimate of drug-likeness (QED) is 0.817. The molecule has 0 spiro atoms. The maximum absolute atomic E-state index is 12.3. The van der Waals surface area contributed by atoms with Crippen LogP contribution in [0.25, 0.3) is 0 Å². The molecule has 0 fully saturated rings. The fraction of sp³-hybridized carbons (Fsp3) is 0.273. The van der Waals surface area contributed by atoms with Gasteiger partial charge in [0.05, 0.1) is 4.90 Å². The van der Waals surface area contributed by atoms with E-state index in [1.807, 2.05) is 0 Å². The second-order valence-corrected chi connectivity index (χ2v) is 6.96. The maximum atomic E-state index is 12.3. The lowest BCUT2D eigenvalue weighted by Gasteiger charge is -2.02. The Morgan fingerprint density at radius 2 is 1.70 bits per heavy atom. The number of hydrogen-bond donors (Lipinski definition) is 0. The molecule has 2 aromatic rings. The first-order valence-electron chi connectivity index (χ1n) is 5.61. The minimum atomic E-state index is -4.23. The monoisotopic (exact) mass is 362 g/mol. The molecule has 1 heterocycles. The molecule has 0 amide bonds. The molecule has 1 aromatic carbocycles. The van der Waals surface area contributed by atoms with Crippen molar-refractivity contribution in [1.29, 1.82) is 0 Å². The lowest BCUT2D eigenvalue weighted by Crippen LogP contribution is -2.32. The Labute approximate surface area is 122 Å². The Morgan fingerprint density at radius 3 is 2.15 bits per heavy atom. The summed E-state index contributed by atoms with van der Waals surface area (Å²) < 4.78 is 30.6. The van der Waals surface area contributed by atoms with Crippen molar-refractivity contribution >= 4 is 26.0 Å². The standard InChI is InChI=1S/C11H11BrN2O5S/c1-7(2)13-10(15)14(19-11(13)16)20(17,18)9-5-3-8(12)4-6-9/h3-7H,1-2H3. The fourth-order valence-electron chi connectivity index (χ4n) is 1.61. The van der Waals surface area contributed by atoms with E-state index in [2.05, 4.69) is 20.5 Å². The van der Waals surface area contributed by atoms with E-state index < -0.39 is 27.5 Å². The van der Waals surface area contributed by atoms with Gasteiger partial charge in [-0.1, -0.05) is 15.9 Å². The molecule has 0 unspecified atom stereocenters. The summed E-state index contributed by atoms with van der Waals surface area (Å²) in [6, 6.07) is 5.13. The van der Waals surface area contributed by atoms with E-state index in [4.69, 9.17) is 0 Å². The smallest absolute Gasteiger partial charge is 0.301 e. The van der Waals surface area contributed by atoms with Gasteiger partial charge in [-0.05, 0) is 42.3 Å². The van der Waals surface area contributed by atoms with Gasteiger partial charge in [-0.25, -0.2) is 14.2 Å². The van der Waals surface area contributed by atoms with Gasteiger partial charge in [0.15, 0.2) is 0 Å². The van der Waals surface area contributed by atoms with Crippen LogP contribution in [0.5, 0.6) is 0 Å². The molecule has 0 bridgehead atoms. The molecule has 0 aliphatic carbocycles. The lowest BCUT2D eigenvalue weighted by atomic mass is 10.4. The van der Waals surface area contributed by atoms with E-state index in [0.717, 1.165) is 4.57 Å². The molecule has 0 atom stereocenters. The molecular weight excluding hydrogens is 352 g/mol. The van der Waals surface area contributed by atoms with E-state index in [1.165, 1.54) is 24.3 Å². The largest absolute Gasteiger partial charge is 0.443 e. The van der Waals surface area contributed by atoms with Crippen LogP contribution in [0.1, 0.15) is 19.9 Å². The van der Waals surface area contributed by atoms with Crippen LogP contribution in [0.15, 0.2) is 47.7 Å². The van der Waals surface area contributed by atoms with Gasteiger partial charge >= 0.3 is 11.4 Å². The maximum Gasteiger partial charge on any atom is 0.443 e. The van der Waals surface area contributed by atoms with Gasteiger partial charge in [0.2, 0.25) is 0 Å². The Morgan fingerprint density at radius 1 is 1.15 bits per heavy atom. The first-order chi connectivity index (χ1) is 9.25. The summed E-state index contributed by atoms with van der Waals surface area (Å²) in [5.74, 6) is -1.01. The van der Waals surface area contributed by atoms with Crippen molar-refractivity contribution in [2.75, 3.05) is 0 Å². The number of aromatic nitrogens is 2. The summed E-state index contributed by atoms with van der Waals surface area (Å²) >= 11 is 3.18. The number of rotatable bonds is 3. The number of hydrogen-bond acceptors (Lipinski definition) is 5. The zero-order valence-corrected chi connectivity index (χ0v) is 13.0. The zero-order chi connectivity index (χ0) is 15.1. The highest BCUT2D eigenvalue weighted by Crippen LogP contribution is 2.16. The summed E-state index contributed by atoms with van der Waals surface area (Å²) in [6.07, 6.45) is 0. The zero-order valence-electron chi connectivity index (χ0n) is 10.6. The summed E-state index contributed by atoms with van der Waals surface area (Å²) in [6.45, 7) is 3.16. The first kappa shape index (κ1) is 14.8. The predicted octanol–water partition coefficient (Wildman–Crippen LogP) is 1.18. The van der Waals surface area contributed by atoms with Crippen molar-refractivity contribution in [2.24, 2.45) is 0 Å². The van der Waals surface area contributed by atoms with Crippen LogP contribution in [0, 0.1) is 0 Å². The number of halogens is 1. The van der Waals surface area contributed by atoms with Gasteiger partial charge in [-0.2, -0.15) is 8.42 Å². The predicted molar refractivity (Wildman–Crippen MR) is 74.3 cm³/mol. The molecule has 9 heteroatoms. The summed E-state index contributed by atoms with van der Waals surface area (Å²) in [5.41, 5.74) is -1.02. The number of benzene rings is 1. The Hall–Kier alpha value is -1.61. The fourth-order valence-corrected chi connectivity index (χ4v) is 3.00. The molecule has 0 saturated carbocycles. The molecule has 2 rings (SSSR count). The van der Waals surface area contributed by atoms with E-state index in [1.54, 1.807) is 13.8 Å². The van der Waals surface area contributed by atoms with Crippen LogP contribution in [-0.4, -0.2) is 17.1 Å². The molecule has 0 aliphatic heterocycles. The van der Waals surface area contributed by atoms with Gasteiger partial charge in [0.1, 0.15) is 0 Å². The van der Waals surface area contributed by atoms with Crippen molar-refractivity contribution in [3.05, 3.63) is 49.8 Å². The Balaban J connectivity index is 2.68. The third kappa shape index (κ3) is 2.38. The second kappa shape index (κ2) is 5.06. The minimum absolute atomic E-state index is 0.110. The van der Waals surface area contributed by atoms with E-state index in [0.29, 0.717) is 4.47 Å². The lowest BCUT2D eigenvalue weighted by molar-refractivity contribution is 0.328. The molecule has 0 radical (unpaired) electrons.